The number of aliphatic carboxylic acids is 1. The van der Waals surface area contributed by atoms with Gasteiger partial charge in [-0.2, -0.15) is 0 Å². The number of hydrogen-bond donors (Lipinski definition) is 1. The summed E-state index contributed by atoms with van der Waals surface area (Å²) in [5, 5.41) is 10.0. The Balaban J connectivity index is 2.20. The van der Waals surface area contributed by atoms with E-state index in [2.05, 4.69) is 19.1 Å². The molecular weight excluding hydrogens is 272 g/mol. The maximum absolute atomic E-state index is 11.5. The molecule has 0 heterocycles. The second-order valence-corrected chi connectivity index (χ2v) is 5.25. The summed E-state index contributed by atoms with van der Waals surface area (Å²) in [5.74, 6) is -1.35. The van der Waals surface area contributed by atoms with Gasteiger partial charge in [-0.25, -0.2) is 0 Å². The standard InChI is InChI=1S/C17H17ClO2/c1-2-12-3-5-13(6-4-12)11-16(17(19)20)14-7-9-15(18)10-8-14/h3-10,16H,2,11H2,1H3,(H,19,20). The van der Waals surface area contributed by atoms with E-state index < -0.39 is 11.9 Å². The molecule has 1 unspecified atom stereocenters. The zero-order valence-electron chi connectivity index (χ0n) is 11.3. The van der Waals surface area contributed by atoms with Crippen LogP contribution in [0.3, 0.4) is 0 Å². The van der Waals surface area contributed by atoms with Gasteiger partial charge in [0.15, 0.2) is 0 Å². The first-order valence-corrected chi connectivity index (χ1v) is 7.04. The van der Waals surface area contributed by atoms with Gasteiger partial charge in [-0.05, 0) is 41.7 Å². The predicted molar refractivity (Wildman–Crippen MR) is 81.4 cm³/mol. The van der Waals surface area contributed by atoms with Gasteiger partial charge in [0.25, 0.3) is 0 Å². The monoisotopic (exact) mass is 288 g/mol. The minimum atomic E-state index is -0.813. The van der Waals surface area contributed by atoms with Crippen LogP contribution < -0.4 is 0 Å². The molecule has 2 aromatic rings. The fraction of sp³-hybridized carbons (Fsp3) is 0.235. The molecule has 2 nitrogen and oxygen atoms in total. The van der Waals surface area contributed by atoms with E-state index in [1.54, 1.807) is 24.3 Å². The lowest BCUT2D eigenvalue weighted by atomic mass is 9.91. The summed E-state index contributed by atoms with van der Waals surface area (Å²) in [7, 11) is 0. The van der Waals surface area contributed by atoms with Gasteiger partial charge in [-0.15, -0.1) is 0 Å². The molecule has 0 fully saturated rings. The van der Waals surface area contributed by atoms with Gasteiger partial charge >= 0.3 is 5.97 Å². The average molecular weight is 289 g/mol. The summed E-state index contributed by atoms with van der Waals surface area (Å²) in [6.07, 6.45) is 1.47. The van der Waals surface area contributed by atoms with Crippen LogP contribution >= 0.6 is 11.6 Å². The Kier molecular flexibility index (Phi) is 4.80. The van der Waals surface area contributed by atoms with Crippen LogP contribution in [0.15, 0.2) is 48.5 Å². The molecule has 2 aromatic carbocycles. The lowest BCUT2D eigenvalue weighted by molar-refractivity contribution is -0.138. The maximum atomic E-state index is 11.5. The lowest BCUT2D eigenvalue weighted by Gasteiger charge is -2.13. The quantitative estimate of drug-likeness (QED) is 0.890. The van der Waals surface area contributed by atoms with Crippen LogP contribution in [0.4, 0.5) is 0 Å². The number of carboxylic acids is 1. The number of halogens is 1. The van der Waals surface area contributed by atoms with Crippen molar-refractivity contribution < 1.29 is 9.90 Å². The highest BCUT2D eigenvalue weighted by molar-refractivity contribution is 6.30. The summed E-state index contributed by atoms with van der Waals surface area (Å²) in [4.78, 5) is 11.5. The summed E-state index contributed by atoms with van der Waals surface area (Å²) in [5.41, 5.74) is 3.07. The van der Waals surface area contributed by atoms with E-state index in [-0.39, 0.29) is 0 Å². The average Bonchev–Trinajstić information content (AvgIpc) is 2.46. The molecule has 1 N–H and O–H groups in total. The van der Waals surface area contributed by atoms with Crippen LogP contribution in [0.25, 0.3) is 0 Å². The molecule has 0 saturated heterocycles. The summed E-state index contributed by atoms with van der Waals surface area (Å²) in [6, 6.07) is 15.1. The van der Waals surface area contributed by atoms with Gasteiger partial charge < -0.3 is 5.11 Å². The summed E-state index contributed by atoms with van der Waals surface area (Å²) >= 11 is 5.84. The number of carboxylic acid groups (broad SMARTS) is 1. The second kappa shape index (κ2) is 6.58. The van der Waals surface area contributed by atoms with Gasteiger partial charge in [0.1, 0.15) is 0 Å². The number of carbonyl (C=O) groups is 1. The Labute approximate surface area is 124 Å². The lowest BCUT2D eigenvalue weighted by Crippen LogP contribution is -2.14. The fourth-order valence-corrected chi connectivity index (χ4v) is 2.32. The fourth-order valence-electron chi connectivity index (χ4n) is 2.19. The molecule has 0 aliphatic heterocycles. The Bertz CT molecular complexity index is 573. The van der Waals surface area contributed by atoms with Gasteiger partial charge in [-0.3, -0.25) is 4.79 Å². The highest BCUT2D eigenvalue weighted by Crippen LogP contribution is 2.23. The SMILES string of the molecule is CCc1ccc(CC(C(=O)O)c2ccc(Cl)cc2)cc1. The van der Waals surface area contributed by atoms with Crippen LogP contribution in [0.5, 0.6) is 0 Å². The molecule has 0 spiro atoms. The van der Waals surface area contributed by atoms with Crippen LogP contribution in [0.1, 0.15) is 29.5 Å². The first kappa shape index (κ1) is 14.6. The van der Waals surface area contributed by atoms with Crippen LogP contribution in [-0.2, 0) is 17.6 Å². The minimum absolute atomic E-state index is 0.487. The van der Waals surface area contributed by atoms with Crippen molar-refractivity contribution in [3.63, 3.8) is 0 Å². The third kappa shape index (κ3) is 3.61. The molecule has 104 valence electrons. The number of rotatable bonds is 5. The van der Waals surface area contributed by atoms with E-state index in [0.717, 1.165) is 17.5 Å². The largest absolute Gasteiger partial charge is 0.481 e. The molecule has 2 rings (SSSR count). The molecule has 0 aliphatic carbocycles. The van der Waals surface area contributed by atoms with Crippen molar-refractivity contribution in [2.45, 2.75) is 25.7 Å². The van der Waals surface area contributed by atoms with E-state index in [9.17, 15) is 9.90 Å². The molecule has 1 atom stereocenters. The van der Waals surface area contributed by atoms with Crippen LogP contribution in [0.2, 0.25) is 5.02 Å². The second-order valence-electron chi connectivity index (χ2n) is 4.82. The number of aryl methyl sites for hydroxylation is 1. The third-order valence-corrected chi connectivity index (χ3v) is 3.69. The molecule has 0 saturated carbocycles. The van der Waals surface area contributed by atoms with Crippen molar-refractivity contribution >= 4 is 17.6 Å². The van der Waals surface area contributed by atoms with Gasteiger partial charge in [0.05, 0.1) is 5.92 Å². The normalized spacial score (nSPS) is 12.1. The maximum Gasteiger partial charge on any atom is 0.311 e. The Morgan fingerprint density at radius 3 is 2.10 bits per heavy atom. The first-order valence-electron chi connectivity index (χ1n) is 6.66. The van der Waals surface area contributed by atoms with Gasteiger partial charge in [0, 0.05) is 5.02 Å². The van der Waals surface area contributed by atoms with E-state index >= 15 is 0 Å². The number of hydrogen-bond acceptors (Lipinski definition) is 1. The van der Waals surface area contributed by atoms with Gasteiger partial charge in [0.2, 0.25) is 0 Å². The van der Waals surface area contributed by atoms with Crippen molar-refractivity contribution in [3.8, 4) is 0 Å². The van der Waals surface area contributed by atoms with Crippen molar-refractivity contribution in [2.24, 2.45) is 0 Å². The summed E-state index contributed by atoms with van der Waals surface area (Å²) < 4.78 is 0. The van der Waals surface area contributed by atoms with Crippen molar-refractivity contribution in [1.82, 2.24) is 0 Å². The molecular formula is C17H17ClO2. The zero-order chi connectivity index (χ0) is 14.5. The zero-order valence-corrected chi connectivity index (χ0v) is 12.1. The highest BCUT2D eigenvalue weighted by Gasteiger charge is 2.20. The van der Waals surface area contributed by atoms with Crippen molar-refractivity contribution in [2.75, 3.05) is 0 Å². The van der Waals surface area contributed by atoms with E-state index in [4.69, 9.17) is 11.6 Å². The molecule has 0 radical (unpaired) electrons. The molecule has 3 heteroatoms. The molecule has 0 aliphatic rings. The highest BCUT2D eigenvalue weighted by atomic mass is 35.5. The molecule has 20 heavy (non-hydrogen) atoms. The van der Waals surface area contributed by atoms with Crippen LogP contribution in [0, 0.1) is 0 Å². The number of benzene rings is 2. The third-order valence-electron chi connectivity index (χ3n) is 3.44. The smallest absolute Gasteiger partial charge is 0.311 e. The Morgan fingerprint density at radius 1 is 1.05 bits per heavy atom. The summed E-state index contributed by atoms with van der Waals surface area (Å²) in [6.45, 7) is 2.10. The van der Waals surface area contributed by atoms with Crippen molar-refractivity contribution in [3.05, 3.63) is 70.2 Å². The first-order chi connectivity index (χ1) is 9.60. The molecule has 0 bridgehead atoms. The molecule has 0 aromatic heterocycles. The van der Waals surface area contributed by atoms with E-state index in [1.165, 1.54) is 5.56 Å². The van der Waals surface area contributed by atoms with Crippen molar-refractivity contribution in [1.29, 1.82) is 0 Å². The topological polar surface area (TPSA) is 37.3 Å². The van der Waals surface area contributed by atoms with Gasteiger partial charge in [-0.1, -0.05) is 54.9 Å². The predicted octanol–water partition coefficient (Wildman–Crippen LogP) is 4.31. The van der Waals surface area contributed by atoms with E-state index in [1.807, 2.05) is 12.1 Å². The minimum Gasteiger partial charge on any atom is -0.481 e. The Morgan fingerprint density at radius 2 is 1.60 bits per heavy atom. The molecule has 0 amide bonds. The Hall–Kier alpha value is -1.80. The van der Waals surface area contributed by atoms with Crippen LogP contribution in [-0.4, -0.2) is 11.1 Å². The van der Waals surface area contributed by atoms with E-state index in [0.29, 0.717) is 11.4 Å².